The van der Waals surface area contributed by atoms with Gasteiger partial charge in [0.15, 0.2) is 0 Å². The molecule has 1 saturated heterocycles. The first kappa shape index (κ1) is 19.7. The highest BCUT2D eigenvalue weighted by Gasteiger charge is 2.29. The Kier molecular flexibility index (Phi) is 6.09. The summed E-state index contributed by atoms with van der Waals surface area (Å²) in [6.45, 7) is 0.497. The topological polar surface area (TPSA) is 57.7 Å². The van der Waals surface area contributed by atoms with Crippen LogP contribution in [-0.4, -0.2) is 39.7 Å². The molecule has 2 aromatic carbocycles. The maximum atomic E-state index is 12.8. The highest BCUT2D eigenvalue weighted by Crippen LogP contribution is 2.24. The van der Waals surface area contributed by atoms with E-state index in [0.29, 0.717) is 22.2 Å². The van der Waals surface area contributed by atoms with Crippen molar-refractivity contribution in [2.45, 2.75) is 13.1 Å². The van der Waals surface area contributed by atoms with E-state index < -0.39 is 0 Å². The number of carbonyl (C=O) groups is 3. The molecule has 0 bridgehead atoms. The largest absolute Gasteiger partial charge is 0.337 e. The highest BCUT2D eigenvalue weighted by molar-refractivity contribution is 8.14. The minimum Gasteiger partial charge on any atom is -0.337 e. The maximum absolute atomic E-state index is 12.8. The lowest BCUT2D eigenvalue weighted by Crippen LogP contribution is -2.28. The lowest BCUT2D eigenvalue weighted by atomic mass is 10.1. The summed E-state index contributed by atoms with van der Waals surface area (Å²) in [5, 5.41) is 0.778. The van der Waals surface area contributed by atoms with Crippen LogP contribution in [0.4, 0.5) is 4.79 Å². The van der Waals surface area contributed by atoms with Crippen LogP contribution in [0, 0.1) is 0 Å². The van der Waals surface area contributed by atoms with Gasteiger partial charge in [0.25, 0.3) is 11.1 Å². The molecule has 0 aliphatic carbocycles. The Morgan fingerprint density at radius 1 is 1.19 bits per heavy atom. The molecule has 1 fully saturated rings. The van der Waals surface area contributed by atoms with E-state index in [4.69, 9.17) is 23.2 Å². The molecule has 3 amide bonds. The van der Waals surface area contributed by atoms with Gasteiger partial charge in [0, 0.05) is 29.2 Å². The summed E-state index contributed by atoms with van der Waals surface area (Å²) in [7, 11) is 1.68. The molecule has 1 aliphatic rings. The molecule has 140 valence electrons. The molecular weight excluding hydrogens is 407 g/mol. The van der Waals surface area contributed by atoms with E-state index in [0.717, 1.165) is 22.9 Å². The molecule has 0 aromatic heterocycles. The molecular formula is C19H16Cl2N2O3S. The van der Waals surface area contributed by atoms with Gasteiger partial charge >= 0.3 is 0 Å². The Balaban J connectivity index is 1.72. The fraction of sp³-hybridized carbons (Fsp3) is 0.211. The summed E-state index contributed by atoms with van der Waals surface area (Å²) >= 11 is 13.1. The normalized spacial score (nSPS) is 14.0. The number of halogens is 2. The lowest BCUT2D eigenvalue weighted by Gasteiger charge is -2.19. The van der Waals surface area contributed by atoms with E-state index in [1.807, 2.05) is 0 Å². The first-order chi connectivity index (χ1) is 12.8. The van der Waals surface area contributed by atoms with Crippen LogP contribution in [0.3, 0.4) is 0 Å². The molecule has 5 nitrogen and oxygen atoms in total. The van der Waals surface area contributed by atoms with E-state index in [1.54, 1.807) is 54.4 Å². The molecule has 0 radical (unpaired) electrons. The minimum atomic E-state index is -0.258. The van der Waals surface area contributed by atoms with Gasteiger partial charge in [-0.05, 0) is 35.4 Å². The van der Waals surface area contributed by atoms with Crippen molar-refractivity contribution in [2.75, 3.05) is 12.8 Å². The Hall–Kier alpha value is -2.02. The first-order valence-electron chi connectivity index (χ1n) is 8.10. The van der Waals surface area contributed by atoms with Gasteiger partial charge in [0.1, 0.15) is 0 Å². The third-order valence-electron chi connectivity index (χ3n) is 4.12. The standard InChI is InChI=1S/C19H16Cl2N2O3S/c1-22(10-14-5-6-15(20)8-16(14)21)18(25)13-4-2-3-12(7-13)9-23-17(24)11-27-19(23)26/h2-8H,9-11H2,1H3. The molecule has 0 saturated carbocycles. The number of benzene rings is 2. The van der Waals surface area contributed by atoms with Crippen LogP contribution in [0.25, 0.3) is 0 Å². The maximum Gasteiger partial charge on any atom is 0.289 e. The number of thioether (sulfide) groups is 1. The van der Waals surface area contributed by atoms with Crippen molar-refractivity contribution >= 4 is 52.0 Å². The number of carbonyl (C=O) groups excluding carboxylic acids is 3. The summed E-state index contributed by atoms with van der Waals surface area (Å²) in [5.41, 5.74) is 1.99. The quantitative estimate of drug-likeness (QED) is 0.713. The number of nitrogens with zero attached hydrogens (tertiary/aromatic N) is 2. The molecule has 3 rings (SSSR count). The third kappa shape index (κ3) is 4.64. The van der Waals surface area contributed by atoms with E-state index in [-0.39, 0.29) is 29.4 Å². The number of hydrogen-bond acceptors (Lipinski definition) is 4. The average molecular weight is 423 g/mol. The van der Waals surface area contributed by atoms with Crippen molar-refractivity contribution < 1.29 is 14.4 Å². The second-order valence-corrected chi connectivity index (χ2v) is 7.90. The minimum absolute atomic E-state index is 0.165. The molecule has 0 spiro atoms. The Morgan fingerprint density at radius 3 is 2.63 bits per heavy atom. The number of amides is 3. The van der Waals surface area contributed by atoms with Crippen LogP contribution in [0.1, 0.15) is 21.5 Å². The number of rotatable bonds is 5. The van der Waals surface area contributed by atoms with Crippen LogP contribution < -0.4 is 0 Å². The summed E-state index contributed by atoms with van der Waals surface area (Å²) in [6.07, 6.45) is 0. The summed E-state index contributed by atoms with van der Waals surface area (Å²) < 4.78 is 0. The predicted molar refractivity (Wildman–Crippen MR) is 107 cm³/mol. The fourth-order valence-electron chi connectivity index (χ4n) is 2.72. The van der Waals surface area contributed by atoms with Gasteiger partial charge in [0.05, 0.1) is 12.3 Å². The molecule has 0 atom stereocenters. The van der Waals surface area contributed by atoms with E-state index >= 15 is 0 Å². The molecule has 8 heteroatoms. The average Bonchev–Trinajstić information content (AvgIpc) is 2.95. The monoisotopic (exact) mass is 422 g/mol. The predicted octanol–water partition coefficient (Wildman–Crippen LogP) is 4.46. The molecule has 1 aliphatic heterocycles. The summed E-state index contributed by atoms with van der Waals surface area (Å²) in [6, 6.07) is 12.1. The van der Waals surface area contributed by atoms with Gasteiger partial charge in [-0.25, -0.2) is 0 Å². The zero-order chi connectivity index (χ0) is 19.6. The lowest BCUT2D eigenvalue weighted by molar-refractivity contribution is -0.125. The Labute approximate surface area is 171 Å². The van der Waals surface area contributed by atoms with Crippen LogP contribution in [0.2, 0.25) is 10.0 Å². The Morgan fingerprint density at radius 2 is 1.96 bits per heavy atom. The van der Waals surface area contributed by atoms with Crippen molar-refractivity contribution in [3.8, 4) is 0 Å². The zero-order valence-electron chi connectivity index (χ0n) is 14.4. The van der Waals surface area contributed by atoms with Crippen molar-refractivity contribution in [3.63, 3.8) is 0 Å². The second kappa shape index (κ2) is 8.33. The number of imide groups is 1. The van der Waals surface area contributed by atoms with Crippen molar-refractivity contribution in [1.29, 1.82) is 0 Å². The van der Waals surface area contributed by atoms with E-state index in [9.17, 15) is 14.4 Å². The van der Waals surface area contributed by atoms with Gasteiger partial charge in [0.2, 0.25) is 5.91 Å². The zero-order valence-corrected chi connectivity index (χ0v) is 16.8. The van der Waals surface area contributed by atoms with Crippen molar-refractivity contribution in [2.24, 2.45) is 0 Å². The summed E-state index contributed by atoms with van der Waals surface area (Å²) in [4.78, 5) is 39.0. The van der Waals surface area contributed by atoms with Crippen LogP contribution >= 0.6 is 35.0 Å². The van der Waals surface area contributed by atoms with Gasteiger partial charge in [-0.1, -0.05) is 53.2 Å². The van der Waals surface area contributed by atoms with Crippen molar-refractivity contribution in [1.82, 2.24) is 9.80 Å². The van der Waals surface area contributed by atoms with Gasteiger partial charge in [-0.2, -0.15) is 0 Å². The first-order valence-corrected chi connectivity index (χ1v) is 9.85. The summed E-state index contributed by atoms with van der Waals surface area (Å²) in [5.74, 6) is -0.227. The van der Waals surface area contributed by atoms with E-state index in [1.165, 1.54) is 4.90 Å². The fourth-order valence-corrected chi connectivity index (χ4v) is 3.91. The van der Waals surface area contributed by atoms with Gasteiger partial charge in [-0.15, -0.1) is 0 Å². The Bertz CT molecular complexity index is 904. The van der Waals surface area contributed by atoms with Crippen LogP contribution in [0.5, 0.6) is 0 Å². The highest BCUT2D eigenvalue weighted by atomic mass is 35.5. The molecule has 0 N–H and O–H groups in total. The van der Waals surface area contributed by atoms with Gasteiger partial charge in [-0.3, -0.25) is 19.3 Å². The molecule has 27 heavy (non-hydrogen) atoms. The number of hydrogen-bond donors (Lipinski definition) is 0. The SMILES string of the molecule is CN(Cc1ccc(Cl)cc1Cl)C(=O)c1cccc(CN2C(=O)CSC2=O)c1. The van der Waals surface area contributed by atoms with Crippen LogP contribution in [0.15, 0.2) is 42.5 Å². The molecule has 1 heterocycles. The van der Waals surface area contributed by atoms with E-state index in [2.05, 4.69) is 0 Å². The molecule has 2 aromatic rings. The van der Waals surface area contributed by atoms with Gasteiger partial charge < -0.3 is 4.90 Å². The third-order valence-corrected chi connectivity index (χ3v) is 5.57. The smallest absolute Gasteiger partial charge is 0.289 e. The molecule has 0 unspecified atom stereocenters. The second-order valence-electron chi connectivity index (χ2n) is 6.13. The van der Waals surface area contributed by atoms with Crippen LogP contribution in [-0.2, 0) is 17.9 Å². The van der Waals surface area contributed by atoms with Crippen molar-refractivity contribution in [3.05, 3.63) is 69.2 Å².